The van der Waals surface area contributed by atoms with Crippen LogP contribution < -0.4 is 0 Å². The summed E-state index contributed by atoms with van der Waals surface area (Å²) in [5.74, 6) is -0.314. The summed E-state index contributed by atoms with van der Waals surface area (Å²) < 4.78 is 63.9. The smallest absolute Gasteiger partial charge is 0.282 e. The van der Waals surface area contributed by atoms with Crippen molar-refractivity contribution in [3.8, 4) is 0 Å². The molecule has 1 unspecified atom stereocenters. The lowest BCUT2D eigenvalue weighted by atomic mass is 9.87. The molecule has 1 fully saturated rings. The van der Waals surface area contributed by atoms with Crippen molar-refractivity contribution in [1.29, 1.82) is 0 Å². The Morgan fingerprint density at radius 2 is 1.65 bits per heavy atom. The summed E-state index contributed by atoms with van der Waals surface area (Å²) in [6.07, 6.45) is 3.65. The van der Waals surface area contributed by atoms with Gasteiger partial charge in [-0.1, -0.05) is 32.1 Å². The quantitative estimate of drug-likeness (QED) is 0.792. The van der Waals surface area contributed by atoms with E-state index >= 15 is 0 Å². The van der Waals surface area contributed by atoms with Crippen molar-refractivity contribution in [1.82, 2.24) is 0 Å². The Bertz CT molecular complexity index is 430. The molecule has 5 nitrogen and oxygen atoms in total. The normalized spacial score (nSPS) is 23.2. The molecule has 102 valence electrons. The van der Waals surface area contributed by atoms with Gasteiger partial charge < -0.3 is 0 Å². The van der Waals surface area contributed by atoms with E-state index in [0.717, 1.165) is 19.3 Å². The molecule has 8 heteroatoms. The third kappa shape index (κ3) is 3.17. The summed E-state index contributed by atoms with van der Waals surface area (Å²) in [6, 6.07) is 0. The monoisotopic (exact) mass is 288 g/mol. The fraction of sp³-hybridized carbons (Fsp3) is 1.00. The van der Waals surface area contributed by atoms with Crippen LogP contribution in [0.2, 0.25) is 0 Å². The molecule has 1 aliphatic rings. The van der Waals surface area contributed by atoms with Gasteiger partial charge >= 0.3 is 14.5 Å². The molecule has 1 N–H and O–H groups in total. The van der Waals surface area contributed by atoms with Crippen molar-refractivity contribution < 1.29 is 25.8 Å². The van der Waals surface area contributed by atoms with Crippen molar-refractivity contribution in [2.45, 2.75) is 42.9 Å². The van der Waals surface area contributed by atoms with Crippen LogP contribution in [0.1, 0.15) is 38.5 Å². The zero-order valence-electron chi connectivity index (χ0n) is 9.59. The van der Waals surface area contributed by atoms with Gasteiger partial charge in [-0.25, -0.2) is 12.8 Å². The Balaban J connectivity index is 3.01. The van der Waals surface area contributed by atoms with Gasteiger partial charge in [0.25, 0.3) is 0 Å². The lowest BCUT2D eigenvalue weighted by molar-refractivity contribution is 0.237. The lowest BCUT2D eigenvalue weighted by Crippen LogP contribution is -2.43. The SMILES string of the molecule is CS(=O)(=O)C(F)(CC1CCCCC1)S(=O)(=O)O. The molecule has 17 heavy (non-hydrogen) atoms. The van der Waals surface area contributed by atoms with E-state index in [4.69, 9.17) is 4.55 Å². The highest BCUT2D eigenvalue weighted by atomic mass is 32.3. The zero-order chi connectivity index (χ0) is 13.3. The number of hydrogen-bond acceptors (Lipinski definition) is 4. The third-order valence-electron chi connectivity index (χ3n) is 3.20. The molecule has 1 atom stereocenters. The predicted octanol–water partition coefficient (Wildman–Crippen LogP) is 1.51. The van der Waals surface area contributed by atoms with E-state index in [1.807, 2.05) is 0 Å². The average Bonchev–Trinajstić information content (AvgIpc) is 2.15. The maximum Gasteiger partial charge on any atom is 0.333 e. The summed E-state index contributed by atoms with van der Waals surface area (Å²) in [7, 11) is -9.80. The summed E-state index contributed by atoms with van der Waals surface area (Å²) in [5, 5.41) is 0. The van der Waals surface area contributed by atoms with Crippen LogP contribution in [-0.4, -0.2) is 32.0 Å². The van der Waals surface area contributed by atoms with E-state index in [2.05, 4.69) is 0 Å². The number of sulfone groups is 1. The van der Waals surface area contributed by atoms with Crippen LogP contribution in [0.4, 0.5) is 4.39 Å². The molecular weight excluding hydrogens is 271 g/mol. The minimum atomic E-state index is -5.28. The van der Waals surface area contributed by atoms with E-state index in [-0.39, 0.29) is 5.92 Å². The molecule has 1 saturated carbocycles. The Hall–Kier alpha value is -0.210. The molecule has 0 radical (unpaired) electrons. The summed E-state index contributed by atoms with van der Waals surface area (Å²) in [4.78, 5) is 0. The van der Waals surface area contributed by atoms with Gasteiger partial charge in [0.05, 0.1) is 0 Å². The van der Waals surface area contributed by atoms with Gasteiger partial charge in [0.1, 0.15) is 0 Å². The molecule has 0 aromatic carbocycles. The average molecular weight is 288 g/mol. The molecule has 1 aliphatic carbocycles. The van der Waals surface area contributed by atoms with Crippen molar-refractivity contribution in [2.24, 2.45) is 5.92 Å². The number of rotatable bonds is 4. The van der Waals surface area contributed by atoms with Crippen LogP contribution in [0, 0.1) is 5.92 Å². The van der Waals surface area contributed by atoms with Crippen LogP contribution in [0.15, 0.2) is 0 Å². The fourth-order valence-corrected chi connectivity index (χ4v) is 4.70. The summed E-state index contributed by atoms with van der Waals surface area (Å²) in [5.41, 5.74) is 0. The minimum absolute atomic E-state index is 0.314. The largest absolute Gasteiger partial charge is 0.333 e. The van der Waals surface area contributed by atoms with Crippen LogP contribution in [0.5, 0.6) is 0 Å². The highest BCUT2D eigenvalue weighted by Gasteiger charge is 2.54. The van der Waals surface area contributed by atoms with Gasteiger partial charge in [0, 0.05) is 12.7 Å². The standard InChI is InChI=1S/C9H17FO5S2/c1-16(11,12)9(10,17(13,14)15)7-8-5-3-2-4-6-8/h8H,2-7H2,1H3,(H,13,14,15). The second kappa shape index (κ2) is 4.81. The first-order valence-corrected chi connectivity index (χ1v) is 8.76. The van der Waals surface area contributed by atoms with Crippen molar-refractivity contribution in [3.63, 3.8) is 0 Å². The van der Waals surface area contributed by atoms with E-state index in [9.17, 15) is 21.2 Å². The van der Waals surface area contributed by atoms with Gasteiger partial charge in [-0.3, -0.25) is 4.55 Å². The van der Waals surface area contributed by atoms with Crippen molar-refractivity contribution in [2.75, 3.05) is 6.26 Å². The molecule has 0 aromatic rings. The molecule has 1 rings (SSSR count). The molecule has 0 aliphatic heterocycles. The molecule has 0 bridgehead atoms. The van der Waals surface area contributed by atoms with Crippen molar-refractivity contribution in [3.05, 3.63) is 0 Å². The molecular formula is C9H17FO5S2. The van der Waals surface area contributed by atoms with E-state index in [0.29, 0.717) is 19.1 Å². The predicted molar refractivity (Wildman–Crippen MR) is 61.4 cm³/mol. The zero-order valence-corrected chi connectivity index (χ0v) is 11.2. The van der Waals surface area contributed by atoms with Crippen LogP contribution in [0.25, 0.3) is 0 Å². The Morgan fingerprint density at radius 1 is 1.18 bits per heavy atom. The van der Waals surface area contributed by atoms with Crippen LogP contribution >= 0.6 is 0 Å². The molecule has 0 spiro atoms. The maximum absolute atomic E-state index is 14.2. The van der Waals surface area contributed by atoms with Gasteiger partial charge in [0.15, 0.2) is 9.84 Å². The van der Waals surface area contributed by atoms with Crippen molar-refractivity contribution >= 4 is 20.0 Å². The van der Waals surface area contributed by atoms with Gasteiger partial charge in [-0.15, -0.1) is 0 Å². The number of hydrogen-bond donors (Lipinski definition) is 1. The Labute approximate surface area is 101 Å². The number of halogens is 1. The highest BCUT2D eigenvalue weighted by molar-refractivity contribution is 8.07. The topological polar surface area (TPSA) is 88.5 Å². The maximum atomic E-state index is 14.2. The van der Waals surface area contributed by atoms with Crippen LogP contribution in [0.3, 0.4) is 0 Å². The molecule has 0 heterocycles. The highest BCUT2D eigenvalue weighted by Crippen LogP contribution is 2.38. The third-order valence-corrected chi connectivity index (χ3v) is 6.95. The minimum Gasteiger partial charge on any atom is -0.282 e. The summed E-state index contributed by atoms with van der Waals surface area (Å²) >= 11 is 0. The van der Waals surface area contributed by atoms with E-state index in [1.165, 1.54) is 0 Å². The van der Waals surface area contributed by atoms with Gasteiger partial charge in [0.2, 0.25) is 0 Å². The molecule has 0 aromatic heterocycles. The number of alkyl halides is 1. The fourth-order valence-electron chi connectivity index (χ4n) is 2.18. The van der Waals surface area contributed by atoms with Crippen LogP contribution in [-0.2, 0) is 20.0 Å². The first kappa shape index (κ1) is 14.8. The lowest BCUT2D eigenvalue weighted by Gasteiger charge is -2.28. The van der Waals surface area contributed by atoms with E-state index in [1.54, 1.807) is 0 Å². The Morgan fingerprint density at radius 3 is 2.00 bits per heavy atom. The van der Waals surface area contributed by atoms with Gasteiger partial charge in [-0.05, 0) is 5.92 Å². The summed E-state index contributed by atoms with van der Waals surface area (Å²) in [6.45, 7) is 0. The molecule has 0 amide bonds. The van der Waals surface area contributed by atoms with Gasteiger partial charge in [-0.2, -0.15) is 8.42 Å². The Kier molecular flexibility index (Phi) is 4.20. The second-order valence-electron chi connectivity index (χ2n) is 4.62. The van der Waals surface area contributed by atoms with E-state index < -0.39 is 30.7 Å². The second-order valence-corrected chi connectivity index (χ2v) is 8.66. The first-order valence-electron chi connectivity index (χ1n) is 5.43. The first-order chi connectivity index (χ1) is 7.58. The molecule has 0 saturated heterocycles.